The molecule has 2 heterocycles. The third-order valence-electron chi connectivity index (χ3n) is 3.98. The van der Waals surface area contributed by atoms with Gasteiger partial charge in [0, 0.05) is 31.3 Å². The maximum absolute atomic E-state index is 12.2. The summed E-state index contributed by atoms with van der Waals surface area (Å²) < 4.78 is 7.06. The second-order valence-electron chi connectivity index (χ2n) is 5.46. The van der Waals surface area contributed by atoms with Crippen molar-refractivity contribution in [2.45, 2.75) is 18.9 Å². The quantitative estimate of drug-likeness (QED) is 0.898. The summed E-state index contributed by atoms with van der Waals surface area (Å²) in [7, 11) is 0. The lowest BCUT2D eigenvalue weighted by atomic mass is 9.92. The van der Waals surface area contributed by atoms with Gasteiger partial charge in [-0.05, 0) is 49.1 Å². The maximum atomic E-state index is 12.2. The van der Waals surface area contributed by atoms with Crippen LogP contribution in [-0.2, 0) is 9.53 Å². The van der Waals surface area contributed by atoms with E-state index in [0.717, 1.165) is 24.2 Å². The molecule has 0 radical (unpaired) electrons. The number of rotatable bonds is 4. The Kier molecular flexibility index (Phi) is 4.50. The van der Waals surface area contributed by atoms with Gasteiger partial charge in [-0.3, -0.25) is 4.79 Å². The first-order valence-corrected chi connectivity index (χ1v) is 7.48. The van der Waals surface area contributed by atoms with Crippen LogP contribution in [0, 0.1) is 5.92 Å². The smallest absolute Gasteiger partial charge is 0.241 e. The highest BCUT2D eigenvalue weighted by Crippen LogP contribution is 2.19. The molecular formula is C16H20N4O2. The number of nitrogens with one attached hydrogen (secondary N) is 1. The van der Waals surface area contributed by atoms with E-state index < -0.39 is 6.04 Å². The summed E-state index contributed by atoms with van der Waals surface area (Å²) in [5.74, 6) is 0.0517. The first kappa shape index (κ1) is 14.7. The second-order valence-corrected chi connectivity index (χ2v) is 5.46. The van der Waals surface area contributed by atoms with Crippen LogP contribution in [-0.4, -0.2) is 34.9 Å². The van der Waals surface area contributed by atoms with Crippen molar-refractivity contribution in [3.63, 3.8) is 0 Å². The molecule has 1 amide bonds. The molecule has 22 heavy (non-hydrogen) atoms. The number of ether oxygens (including phenoxy) is 1. The number of hydrogen-bond donors (Lipinski definition) is 2. The third kappa shape index (κ3) is 3.35. The molecule has 0 aliphatic carbocycles. The number of carbonyl (C=O) groups excluding carboxylic acids is 1. The summed E-state index contributed by atoms with van der Waals surface area (Å²) in [6.45, 7) is 1.37. The Morgan fingerprint density at radius 2 is 2.05 bits per heavy atom. The zero-order chi connectivity index (χ0) is 15.4. The number of aromatic nitrogens is 2. The SMILES string of the molecule is NC(C(=O)Nc1ccc(-n2cccn2)cc1)C1CCOCC1. The number of amides is 1. The van der Waals surface area contributed by atoms with Crippen molar-refractivity contribution >= 4 is 11.6 Å². The van der Waals surface area contributed by atoms with E-state index in [9.17, 15) is 4.79 Å². The molecule has 1 atom stereocenters. The van der Waals surface area contributed by atoms with Gasteiger partial charge in [0.15, 0.2) is 0 Å². The summed E-state index contributed by atoms with van der Waals surface area (Å²) in [6, 6.07) is 8.89. The molecule has 3 rings (SSSR count). The van der Waals surface area contributed by atoms with E-state index in [1.807, 2.05) is 36.5 Å². The number of nitrogens with two attached hydrogens (primary N) is 1. The topological polar surface area (TPSA) is 82.2 Å². The van der Waals surface area contributed by atoms with Crippen LogP contribution in [0.15, 0.2) is 42.7 Å². The molecule has 1 unspecified atom stereocenters. The molecule has 6 heteroatoms. The van der Waals surface area contributed by atoms with E-state index in [2.05, 4.69) is 10.4 Å². The number of nitrogens with zero attached hydrogens (tertiary/aromatic N) is 2. The van der Waals surface area contributed by atoms with Crippen LogP contribution < -0.4 is 11.1 Å². The average Bonchev–Trinajstić information content (AvgIpc) is 3.10. The molecule has 116 valence electrons. The third-order valence-corrected chi connectivity index (χ3v) is 3.98. The van der Waals surface area contributed by atoms with Gasteiger partial charge >= 0.3 is 0 Å². The van der Waals surface area contributed by atoms with Crippen molar-refractivity contribution < 1.29 is 9.53 Å². The molecule has 1 aromatic carbocycles. The summed E-state index contributed by atoms with van der Waals surface area (Å²) in [5, 5.41) is 7.04. The van der Waals surface area contributed by atoms with Crippen LogP contribution in [0.3, 0.4) is 0 Å². The van der Waals surface area contributed by atoms with Crippen molar-refractivity contribution in [3.05, 3.63) is 42.7 Å². The molecule has 1 aliphatic heterocycles. The summed E-state index contributed by atoms with van der Waals surface area (Å²) in [6.07, 6.45) is 5.27. The van der Waals surface area contributed by atoms with Gasteiger partial charge < -0.3 is 15.8 Å². The van der Waals surface area contributed by atoms with E-state index >= 15 is 0 Å². The van der Waals surface area contributed by atoms with Gasteiger partial charge in [-0.25, -0.2) is 4.68 Å². The van der Waals surface area contributed by atoms with Crippen LogP contribution in [0.2, 0.25) is 0 Å². The van der Waals surface area contributed by atoms with Crippen molar-refractivity contribution in [2.75, 3.05) is 18.5 Å². The Labute approximate surface area is 129 Å². The average molecular weight is 300 g/mol. The van der Waals surface area contributed by atoms with E-state index in [1.54, 1.807) is 10.9 Å². The Bertz CT molecular complexity index is 604. The zero-order valence-corrected chi connectivity index (χ0v) is 12.3. The highest BCUT2D eigenvalue weighted by atomic mass is 16.5. The molecule has 3 N–H and O–H groups in total. The van der Waals surface area contributed by atoms with Gasteiger partial charge in [-0.1, -0.05) is 0 Å². The van der Waals surface area contributed by atoms with Gasteiger partial charge in [0.25, 0.3) is 0 Å². The monoisotopic (exact) mass is 300 g/mol. The molecule has 1 fully saturated rings. The molecule has 0 spiro atoms. The fourth-order valence-electron chi connectivity index (χ4n) is 2.63. The van der Waals surface area contributed by atoms with Crippen LogP contribution >= 0.6 is 0 Å². The lowest BCUT2D eigenvalue weighted by Crippen LogP contribution is -2.43. The first-order valence-electron chi connectivity index (χ1n) is 7.48. The van der Waals surface area contributed by atoms with Gasteiger partial charge in [0.2, 0.25) is 5.91 Å². The molecule has 1 saturated heterocycles. The number of carbonyl (C=O) groups is 1. The van der Waals surface area contributed by atoms with Crippen molar-refractivity contribution in [1.29, 1.82) is 0 Å². The minimum Gasteiger partial charge on any atom is -0.381 e. The minimum absolute atomic E-state index is 0.140. The van der Waals surface area contributed by atoms with Gasteiger partial charge in [0.05, 0.1) is 11.7 Å². The molecule has 6 nitrogen and oxygen atoms in total. The molecule has 1 aliphatic rings. The maximum Gasteiger partial charge on any atom is 0.241 e. The summed E-state index contributed by atoms with van der Waals surface area (Å²) in [4.78, 5) is 12.2. The van der Waals surface area contributed by atoms with Gasteiger partial charge in [-0.15, -0.1) is 0 Å². The summed E-state index contributed by atoms with van der Waals surface area (Å²) >= 11 is 0. The predicted molar refractivity (Wildman–Crippen MR) is 83.7 cm³/mol. The molecule has 0 saturated carbocycles. The lowest BCUT2D eigenvalue weighted by Gasteiger charge is -2.26. The van der Waals surface area contributed by atoms with E-state index in [0.29, 0.717) is 13.2 Å². The Morgan fingerprint density at radius 3 is 2.68 bits per heavy atom. The Morgan fingerprint density at radius 1 is 1.32 bits per heavy atom. The molecule has 0 bridgehead atoms. The molecule has 1 aromatic heterocycles. The number of hydrogen-bond acceptors (Lipinski definition) is 4. The Hall–Kier alpha value is -2.18. The fraction of sp³-hybridized carbons (Fsp3) is 0.375. The van der Waals surface area contributed by atoms with Gasteiger partial charge in [0.1, 0.15) is 0 Å². The second kappa shape index (κ2) is 6.72. The minimum atomic E-state index is -0.491. The highest BCUT2D eigenvalue weighted by Gasteiger charge is 2.26. The van der Waals surface area contributed by atoms with E-state index in [1.165, 1.54) is 0 Å². The number of anilines is 1. The van der Waals surface area contributed by atoms with Crippen molar-refractivity contribution in [1.82, 2.24) is 9.78 Å². The van der Waals surface area contributed by atoms with Crippen molar-refractivity contribution in [2.24, 2.45) is 11.7 Å². The first-order chi connectivity index (χ1) is 10.7. The van der Waals surface area contributed by atoms with Crippen LogP contribution in [0.5, 0.6) is 0 Å². The largest absolute Gasteiger partial charge is 0.381 e. The molecule has 2 aromatic rings. The number of benzene rings is 1. The predicted octanol–water partition coefficient (Wildman–Crippen LogP) is 1.56. The fourth-order valence-corrected chi connectivity index (χ4v) is 2.63. The van der Waals surface area contributed by atoms with Crippen LogP contribution in [0.1, 0.15) is 12.8 Å². The normalized spacial score (nSPS) is 17.1. The van der Waals surface area contributed by atoms with Crippen molar-refractivity contribution in [3.8, 4) is 5.69 Å². The summed E-state index contributed by atoms with van der Waals surface area (Å²) in [5.41, 5.74) is 7.75. The van der Waals surface area contributed by atoms with E-state index in [-0.39, 0.29) is 11.8 Å². The highest BCUT2D eigenvalue weighted by molar-refractivity contribution is 5.94. The van der Waals surface area contributed by atoms with Crippen LogP contribution in [0.25, 0.3) is 5.69 Å². The Balaban J connectivity index is 1.61. The van der Waals surface area contributed by atoms with Gasteiger partial charge in [-0.2, -0.15) is 5.10 Å². The zero-order valence-electron chi connectivity index (χ0n) is 12.3. The van der Waals surface area contributed by atoms with E-state index in [4.69, 9.17) is 10.5 Å². The molecular weight excluding hydrogens is 280 g/mol. The lowest BCUT2D eigenvalue weighted by molar-refractivity contribution is -0.119. The standard InChI is InChI=1S/C16H20N4O2/c17-15(12-6-10-22-11-7-12)16(21)19-13-2-4-14(5-3-13)20-9-1-8-18-20/h1-5,8-9,12,15H,6-7,10-11,17H2,(H,19,21). The van der Waals surface area contributed by atoms with Crippen LogP contribution in [0.4, 0.5) is 5.69 Å².